The third-order valence-electron chi connectivity index (χ3n) is 4.62. The molecule has 0 aliphatic heterocycles. The highest BCUT2D eigenvalue weighted by Gasteiger charge is 2.52. The first-order valence-corrected chi connectivity index (χ1v) is 5.91. The number of aliphatic carboxylic acids is 1. The molecule has 0 saturated heterocycles. The Morgan fingerprint density at radius 2 is 2.33 bits per heavy atom. The summed E-state index contributed by atoms with van der Waals surface area (Å²) < 4.78 is 0. The Morgan fingerprint density at radius 3 is 2.73 bits per heavy atom. The number of allylic oxidation sites excluding steroid dienone is 1. The van der Waals surface area contributed by atoms with Crippen molar-refractivity contribution in [2.24, 2.45) is 23.2 Å². The molecule has 15 heavy (non-hydrogen) atoms. The molecule has 3 unspecified atom stereocenters. The fourth-order valence-corrected chi connectivity index (χ4v) is 3.34. The van der Waals surface area contributed by atoms with Crippen molar-refractivity contribution in [3.8, 4) is 0 Å². The molecule has 3 aliphatic carbocycles. The van der Waals surface area contributed by atoms with E-state index in [9.17, 15) is 9.90 Å². The van der Waals surface area contributed by atoms with Gasteiger partial charge in [0.2, 0.25) is 0 Å². The normalized spacial score (nSPS) is 33.9. The molecule has 3 atom stereocenters. The van der Waals surface area contributed by atoms with Gasteiger partial charge in [-0.3, -0.25) is 4.79 Å². The second-order valence-corrected chi connectivity index (χ2v) is 5.55. The van der Waals surface area contributed by atoms with Gasteiger partial charge >= 0.3 is 5.97 Å². The molecule has 1 N–H and O–H groups in total. The predicted octanol–water partition coefficient (Wildman–Crippen LogP) is 3.09. The molecule has 84 valence electrons. The molecule has 0 spiro atoms. The van der Waals surface area contributed by atoms with E-state index in [2.05, 4.69) is 19.9 Å². The third kappa shape index (κ3) is 1.42. The van der Waals surface area contributed by atoms with Gasteiger partial charge in [0, 0.05) is 0 Å². The second-order valence-electron chi connectivity index (χ2n) is 5.55. The first-order valence-electron chi connectivity index (χ1n) is 5.91. The van der Waals surface area contributed by atoms with Crippen LogP contribution in [0.1, 0.15) is 40.0 Å². The highest BCUT2D eigenvalue weighted by molar-refractivity contribution is 5.74. The monoisotopic (exact) mass is 208 g/mol. The quantitative estimate of drug-likeness (QED) is 0.724. The van der Waals surface area contributed by atoms with Crippen molar-refractivity contribution >= 4 is 5.97 Å². The van der Waals surface area contributed by atoms with Crippen LogP contribution in [0, 0.1) is 23.2 Å². The first kappa shape index (κ1) is 10.7. The minimum absolute atomic E-state index is 0.240. The number of carbonyl (C=O) groups is 1. The van der Waals surface area contributed by atoms with Crippen LogP contribution in [0.15, 0.2) is 11.6 Å². The maximum absolute atomic E-state index is 11.2. The number of hydrogen-bond donors (Lipinski definition) is 1. The van der Waals surface area contributed by atoms with E-state index in [-0.39, 0.29) is 5.92 Å². The Hall–Kier alpha value is -0.790. The van der Waals surface area contributed by atoms with Crippen molar-refractivity contribution in [3.63, 3.8) is 0 Å². The third-order valence-corrected chi connectivity index (χ3v) is 4.62. The summed E-state index contributed by atoms with van der Waals surface area (Å²) in [5, 5.41) is 9.19. The number of rotatable bonds is 3. The van der Waals surface area contributed by atoms with Crippen molar-refractivity contribution in [3.05, 3.63) is 11.6 Å². The molecule has 0 heterocycles. The fraction of sp³-hybridized carbons (Fsp3) is 0.769. The van der Waals surface area contributed by atoms with Gasteiger partial charge in [-0.25, -0.2) is 0 Å². The Morgan fingerprint density at radius 1 is 1.67 bits per heavy atom. The van der Waals surface area contributed by atoms with Crippen molar-refractivity contribution in [2.75, 3.05) is 0 Å². The van der Waals surface area contributed by atoms with E-state index in [1.807, 2.05) is 6.92 Å². The average Bonchev–Trinajstić information content (AvgIpc) is 2.18. The largest absolute Gasteiger partial charge is 0.481 e. The van der Waals surface area contributed by atoms with Crippen molar-refractivity contribution in [1.82, 2.24) is 0 Å². The summed E-state index contributed by atoms with van der Waals surface area (Å²) in [7, 11) is 0. The molecule has 3 rings (SSSR count). The van der Waals surface area contributed by atoms with Crippen LogP contribution in [0.4, 0.5) is 0 Å². The van der Waals surface area contributed by atoms with Gasteiger partial charge in [-0.2, -0.15) is 0 Å². The summed E-state index contributed by atoms with van der Waals surface area (Å²) in [6.45, 7) is 6.54. The molecule has 1 fully saturated rings. The van der Waals surface area contributed by atoms with E-state index in [4.69, 9.17) is 0 Å². The topological polar surface area (TPSA) is 37.3 Å². The zero-order chi connectivity index (χ0) is 11.2. The average molecular weight is 208 g/mol. The van der Waals surface area contributed by atoms with Crippen molar-refractivity contribution in [1.29, 1.82) is 0 Å². The summed E-state index contributed by atoms with van der Waals surface area (Å²) in [6, 6.07) is 0. The van der Waals surface area contributed by atoms with Crippen LogP contribution in [0.25, 0.3) is 0 Å². The highest BCUT2D eigenvalue weighted by atomic mass is 16.4. The SMILES string of the molecule is CCC(C(=O)O)C1=CCC2CC1C2(C)C. The lowest BCUT2D eigenvalue weighted by molar-refractivity contribution is -0.141. The molecule has 0 aromatic carbocycles. The lowest BCUT2D eigenvalue weighted by Gasteiger charge is -2.57. The van der Waals surface area contributed by atoms with Crippen LogP contribution in [-0.2, 0) is 4.79 Å². The smallest absolute Gasteiger partial charge is 0.310 e. The van der Waals surface area contributed by atoms with Crippen LogP contribution in [0.2, 0.25) is 0 Å². The Bertz CT molecular complexity index is 314. The lowest BCUT2D eigenvalue weighted by atomic mass is 9.47. The number of fused-ring (bicyclic) bond motifs is 1. The minimum atomic E-state index is -0.648. The summed E-state index contributed by atoms with van der Waals surface area (Å²) in [5.74, 6) is 0.426. The Kier molecular flexibility index (Phi) is 2.40. The minimum Gasteiger partial charge on any atom is -0.481 e. The van der Waals surface area contributed by atoms with E-state index in [1.165, 1.54) is 12.0 Å². The maximum Gasteiger partial charge on any atom is 0.310 e. The lowest BCUT2D eigenvalue weighted by Crippen LogP contribution is -2.49. The van der Waals surface area contributed by atoms with E-state index in [0.717, 1.165) is 18.8 Å². The van der Waals surface area contributed by atoms with Gasteiger partial charge in [0.15, 0.2) is 0 Å². The summed E-state index contributed by atoms with van der Waals surface area (Å²) >= 11 is 0. The standard InChI is InChI=1S/C13H20O2/c1-4-9(12(14)15)10-6-5-8-7-11(10)13(8,2)3/h6,8-9,11H,4-5,7H2,1-3H3,(H,14,15). The van der Waals surface area contributed by atoms with E-state index in [0.29, 0.717) is 11.3 Å². The molecule has 0 radical (unpaired) electrons. The zero-order valence-electron chi connectivity index (χ0n) is 9.79. The van der Waals surface area contributed by atoms with Gasteiger partial charge in [-0.1, -0.05) is 32.4 Å². The van der Waals surface area contributed by atoms with E-state index >= 15 is 0 Å². The summed E-state index contributed by atoms with van der Waals surface area (Å²) in [5.41, 5.74) is 1.55. The molecule has 2 heteroatoms. The van der Waals surface area contributed by atoms with Crippen molar-refractivity contribution < 1.29 is 9.90 Å². The van der Waals surface area contributed by atoms with Crippen molar-refractivity contribution in [2.45, 2.75) is 40.0 Å². The highest BCUT2D eigenvalue weighted by Crippen LogP contribution is 2.60. The molecule has 2 nitrogen and oxygen atoms in total. The first-order chi connectivity index (χ1) is 6.98. The predicted molar refractivity (Wildman–Crippen MR) is 59.5 cm³/mol. The molecule has 3 aliphatic rings. The Balaban J connectivity index is 2.23. The number of carboxylic acids is 1. The van der Waals surface area contributed by atoms with Crippen LogP contribution < -0.4 is 0 Å². The van der Waals surface area contributed by atoms with Gasteiger partial charge in [0.1, 0.15) is 0 Å². The number of carboxylic acid groups (broad SMARTS) is 1. The van der Waals surface area contributed by atoms with Crippen LogP contribution in [0.5, 0.6) is 0 Å². The molecule has 1 saturated carbocycles. The van der Waals surface area contributed by atoms with Crippen LogP contribution >= 0.6 is 0 Å². The van der Waals surface area contributed by atoms with Gasteiger partial charge < -0.3 is 5.11 Å². The van der Waals surface area contributed by atoms with Crippen LogP contribution in [0.3, 0.4) is 0 Å². The van der Waals surface area contributed by atoms with Gasteiger partial charge in [0.05, 0.1) is 5.92 Å². The van der Waals surface area contributed by atoms with Gasteiger partial charge in [-0.15, -0.1) is 0 Å². The van der Waals surface area contributed by atoms with Gasteiger partial charge in [0.25, 0.3) is 0 Å². The van der Waals surface area contributed by atoms with E-state index < -0.39 is 5.97 Å². The fourth-order valence-electron chi connectivity index (χ4n) is 3.34. The molecule has 0 amide bonds. The van der Waals surface area contributed by atoms with Gasteiger partial charge in [-0.05, 0) is 36.5 Å². The summed E-state index contributed by atoms with van der Waals surface area (Å²) in [4.78, 5) is 11.2. The molecule has 0 aromatic heterocycles. The molecule has 2 bridgehead atoms. The second kappa shape index (κ2) is 3.36. The van der Waals surface area contributed by atoms with E-state index in [1.54, 1.807) is 0 Å². The Labute approximate surface area is 91.4 Å². The molecular weight excluding hydrogens is 188 g/mol. The maximum atomic E-state index is 11.2. The molecular formula is C13H20O2. The molecule has 0 aromatic rings. The zero-order valence-corrected chi connectivity index (χ0v) is 9.79. The summed E-state index contributed by atoms with van der Waals surface area (Å²) in [6.07, 6.45) is 5.22. The van der Waals surface area contributed by atoms with Crippen LogP contribution in [-0.4, -0.2) is 11.1 Å². The number of hydrogen-bond acceptors (Lipinski definition) is 1.